The number of esters is 1. The van der Waals surface area contributed by atoms with Gasteiger partial charge in [0.1, 0.15) is 6.17 Å². The van der Waals surface area contributed by atoms with Crippen LogP contribution in [0, 0.1) is 0 Å². The summed E-state index contributed by atoms with van der Waals surface area (Å²) in [5.74, 6) is -0.235. The Balaban J connectivity index is 1.86. The van der Waals surface area contributed by atoms with Gasteiger partial charge in [0.25, 0.3) is 0 Å². The second-order valence-electron chi connectivity index (χ2n) is 7.12. The summed E-state index contributed by atoms with van der Waals surface area (Å²) in [6, 6.07) is 24.6. The minimum atomic E-state index is -0.235. The Hall–Kier alpha value is -2.15. The molecule has 4 rings (SSSR count). The lowest BCUT2D eigenvalue weighted by Gasteiger charge is -2.44. The lowest BCUT2D eigenvalue weighted by molar-refractivity contribution is -0.145. The fourth-order valence-corrected chi connectivity index (χ4v) is 4.56. The van der Waals surface area contributed by atoms with Crippen LogP contribution in [-0.2, 0) is 9.53 Å². The lowest BCUT2D eigenvalue weighted by atomic mass is 9.91. The van der Waals surface area contributed by atoms with Crippen molar-refractivity contribution in [1.82, 2.24) is 4.90 Å². The number of benzene rings is 3. The molecular formula is C24H22Br2N2O2. The summed E-state index contributed by atoms with van der Waals surface area (Å²) in [6.45, 7) is 2.37. The molecule has 0 saturated carbocycles. The van der Waals surface area contributed by atoms with Crippen molar-refractivity contribution in [2.75, 3.05) is 18.5 Å². The molecule has 0 aliphatic carbocycles. The predicted octanol–water partition coefficient (Wildman–Crippen LogP) is 6.29. The van der Waals surface area contributed by atoms with Crippen molar-refractivity contribution in [2.24, 2.45) is 0 Å². The average molecular weight is 530 g/mol. The van der Waals surface area contributed by atoms with Crippen LogP contribution in [0.2, 0.25) is 0 Å². The Kier molecular flexibility index (Phi) is 6.56. The molecule has 154 valence electrons. The molecule has 0 fully saturated rings. The van der Waals surface area contributed by atoms with Gasteiger partial charge in [-0.3, -0.25) is 9.69 Å². The lowest BCUT2D eigenvalue weighted by Crippen LogP contribution is -2.44. The molecule has 0 aromatic heterocycles. The van der Waals surface area contributed by atoms with Gasteiger partial charge in [-0.15, -0.1) is 0 Å². The summed E-state index contributed by atoms with van der Waals surface area (Å²) in [4.78, 5) is 14.8. The molecule has 6 heteroatoms. The van der Waals surface area contributed by atoms with Crippen LogP contribution < -0.4 is 5.32 Å². The van der Waals surface area contributed by atoms with Crippen LogP contribution >= 0.6 is 31.9 Å². The highest BCUT2D eigenvalue weighted by atomic mass is 79.9. The fourth-order valence-electron chi connectivity index (χ4n) is 3.91. The third kappa shape index (κ3) is 4.46. The van der Waals surface area contributed by atoms with E-state index in [4.69, 9.17) is 4.74 Å². The zero-order valence-electron chi connectivity index (χ0n) is 16.5. The Morgan fingerprint density at radius 2 is 1.67 bits per heavy atom. The maximum atomic E-state index is 12.6. The van der Waals surface area contributed by atoms with E-state index in [0.717, 1.165) is 31.3 Å². The topological polar surface area (TPSA) is 41.6 Å². The Bertz CT molecular complexity index is 1030. The van der Waals surface area contributed by atoms with E-state index in [1.54, 1.807) is 0 Å². The number of fused-ring (bicyclic) bond motifs is 1. The third-order valence-corrected chi connectivity index (χ3v) is 6.20. The molecule has 4 nitrogen and oxygen atoms in total. The van der Waals surface area contributed by atoms with Crippen molar-refractivity contribution in [3.8, 4) is 0 Å². The van der Waals surface area contributed by atoms with E-state index in [2.05, 4.69) is 78.5 Å². The smallest absolute Gasteiger partial charge is 0.320 e. The highest BCUT2D eigenvalue weighted by Gasteiger charge is 2.37. The minimum Gasteiger partial charge on any atom is -0.465 e. The van der Waals surface area contributed by atoms with Gasteiger partial charge in [-0.1, -0.05) is 74.3 Å². The van der Waals surface area contributed by atoms with E-state index in [1.807, 2.05) is 43.3 Å². The monoisotopic (exact) mass is 528 g/mol. The number of hydrogen-bond donors (Lipinski definition) is 1. The SMILES string of the molecule is CCOC(=O)CN1[C@H](c2ccccc2)c2cc(Br)ccc2N[C@@H]1c1ccc(Br)cc1. The van der Waals surface area contributed by atoms with E-state index in [0.29, 0.717) is 6.61 Å². The molecule has 2 atom stereocenters. The van der Waals surface area contributed by atoms with Gasteiger partial charge in [0.15, 0.2) is 0 Å². The second kappa shape index (κ2) is 9.33. The van der Waals surface area contributed by atoms with Gasteiger partial charge >= 0.3 is 5.97 Å². The molecule has 0 unspecified atom stereocenters. The molecule has 0 spiro atoms. The minimum absolute atomic E-state index is 0.0991. The molecule has 1 N–H and O–H groups in total. The van der Waals surface area contributed by atoms with Gasteiger partial charge in [0.2, 0.25) is 0 Å². The van der Waals surface area contributed by atoms with Crippen molar-refractivity contribution in [3.63, 3.8) is 0 Å². The summed E-state index contributed by atoms with van der Waals surface area (Å²) in [5, 5.41) is 3.64. The first-order valence-corrected chi connectivity index (χ1v) is 11.4. The molecule has 0 amide bonds. The van der Waals surface area contributed by atoms with E-state index in [9.17, 15) is 4.79 Å². The standard InChI is InChI=1S/C24H22Br2N2O2/c1-2-30-22(29)15-28-23(16-6-4-3-5-7-16)20-14-19(26)12-13-21(20)27-24(28)17-8-10-18(25)11-9-17/h3-14,23-24,27H,2,15H2,1H3/t23-,24+/m1/s1. The van der Waals surface area contributed by atoms with Gasteiger partial charge in [-0.2, -0.15) is 0 Å². The third-order valence-electron chi connectivity index (χ3n) is 5.18. The molecule has 1 aliphatic heterocycles. The van der Waals surface area contributed by atoms with Crippen LogP contribution in [-0.4, -0.2) is 24.0 Å². The Morgan fingerprint density at radius 3 is 2.37 bits per heavy atom. The maximum absolute atomic E-state index is 12.6. The summed E-state index contributed by atoms with van der Waals surface area (Å²) in [6.07, 6.45) is -0.179. The van der Waals surface area contributed by atoms with Crippen LogP contribution in [0.1, 0.15) is 35.8 Å². The van der Waals surface area contributed by atoms with Gasteiger partial charge in [0, 0.05) is 14.6 Å². The number of rotatable bonds is 5. The molecular weight excluding hydrogens is 508 g/mol. The summed E-state index contributed by atoms with van der Waals surface area (Å²) in [7, 11) is 0. The number of hydrogen-bond acceptors (Lipinski definition) is 4. The van der Waals surface area contributed by atoms with Crippen molar-refractivity contribution in [3.05, 3.63) is 98.4 Å². The number of carbonyl (C=O) groups excluding carboxylic acids is 1. The van der Waals surface area contributed by atoms with Crippen molar-refractivity contribution >= 4 is 43.5 Å². The molecule has 1 heterocycles. The van der Waals surface area contributed by atoms with Gasteiger partial charge in [0.05, 0.1) is 19.2 Å². The van der Waals surface area contributed by atoms with Crippen molar-refractivity contribution < 1.29 is 9.53 Å². The maximum Gasteiger partial charge on any atom is 0.320 e. The highest BCUT2D eigenvalue weighted by molar-refractivity contribution is 9.10. The molecule has 0 bridgehead atoms. The van der Waals surface area contributed by atoms with Crippen molar-refractivity contribution in [1.29, 1.82) is 0 Å². The first kappa shape index (κ1) is 21.1. The number of anilines is 1. The largest absolute Gasteiger partial charge is 0.465 e. The molecule has 3 aromatic carbocycles. The van der Waals surface area contributed by atoms with Crippen LogP contribution in [0.15, 0.2) is 81.7 Å². The van der Waals surface area contributed by atoms with Gasteiger partial charge < -0.3 is 10.1 Å². The Morgan fingerprint density at radius 1 is 0.967 bits per heavy atom. The number of carbonyl (C=O) groups is 1. The van der Waals surface area contributed by atoms with E-state index < -0.39 is 0 Å². The first-order valence-electron chi connectivity index (χ1n) is 9.84. The predicted molar refractivity (Wildman–Crippen MR) is 126 cm³/mol. The Labute approximate surface area is 193 Å². The van der Waals surface area contributed by atoms with Crippen LogP contribution in [0.3, 0.4) is 0 Å². The quantitative estimate of drug-likeness (QED) is 0.394. The number of nitrogens with zero attached hydrogens (tertiary/aromatic N) is 1. The second-order valence-corrected chi connectivity index (χ2v) is 8.95. The molecule has 1 aliphatic rings. The normalized spacial score (nSPS) is 18.4. The summed E-state index contributed by atoms with van der Waals surface area (Å²) < 4.78 is 7.34. The highest BCUT2D eigenvalue weighted by Crippen LogP contribution is 2.44. The van der Waals surface area contributed by atoms with E-state index in [1.165, 1.54) is 0 Å². The number of ether oxygens (including phenoxy) is 1. The summed E-state index contributed by atoms with van der Waals surface area (Å²) in [5.41, 5.74) is 4.38. The summed E-state index contributed by atoms with van der Waals surface area (Å²) >= 11 is 7.13. The molecule has 0 radical (unpaired) electrons. The van der Waals surface area contributed by atoms with Gasteiger partial charge in [-0.25, -0.2) is 0 Å². The number of halogens is 2. The number of nitrogens with one attached hydrogen (secondary N) is 1. The molecule has 3 aromatic rings. The molecule has 30 heavy (non-hydrogen) atoms. The van der Waals surface area contributed by atoms with E-state index >= 15 is 0 Å². The first-order chi connectivity index (χ1) is 14.6. The van der Waals surface area contributed by atoms with Crippen LogP contribution in [0.5, 0.6) is 0 Å². The van der Waals surface area contributed by atoms with Crippen molar-refractivity contribution in [2.45, 2.75) is 19.1 Å². The zero-order chi connectivity index (χ0) is 21.1. The van der Waals surface area contributed by atoms with E-state index in [-0.39, 0.29) is 24.7 Å². The fraction of sp³-hybridized carbons (Fsp3) is 0.208. The molecule has 0 saturated heterocycles. The average Bonchev–Trinajstić information content (AvgIpc) is 2.75. The van der Waals surface area contributed by atoms with Gasteiger partial charge in [-0.05, 0) is 53.9 Å². The van der Waals surface area contributed by atoms with Crippen LogP contribution in [0.4, 0.5) is 5.69 Å². The zero-order valence-corrected chi connectivity index (χ0v) is 19.7. The van der Waals surface area contributed by atoms with Crippen LogP contribution in [0.25, 0.3) is 0 Å².